The van der Waals surface area contributed by atoms with Crippen molar-refractivity contribution in [3.05, 3.63) is 51.4 Å². The molecular weight excluding hydrogens is 336 g/mol. The van der Waals surface area contributed by atoms with E-state index in [0.29, 0.717) is 17.3 Å². The van der Waals surface area contributed by atoms with Crippen LogP contribution in [0.15, 0.2) is 29.3 Å². The van der Waals surface area contributed by atoms with Crippen LogP contribution in [0.25, 0.3) is 0 Å². The van der Waals surface area contributed by atoms with Gasteiger partial charge in [0.25, 0.3) is 0 Å². The van der Waals surface area contributed by atoms with Crippen molar-refractivity contribution in [3.63, 3.8) is 0 Å². The summed E-state index contributed by atoms with van der Waals surface area (Å²) in [5.74, 6) is 1.21. The summed E-state index contributed by atoms with van der Waals surface area (Å²) in [5.41, 5.74) is 4.78. The Morgan fingerprint density at radius 2 is 1.92 bits per heavy atom. The number of benzene rings is 1. The van der Waals surface area contributed by atoms with Gasteiger partial charge in [0.15, 0.2) is 0 Å². The van der Waals surface area contributed by atoms with Crippen LogP contribution < -0.4 is 0 Å². The first-order valence-electron chi connectivity index (χ1n) is 9.48. The fourth-order valence-electron chi connectivity index (χ4n) is 3.62. The second kappa shape index (κ2) is 7.37. The van der Waals surface area contributed by atoms with Gasteiger partial charge in [-0.1, -0.05) is 58.9 Å². The van der Waals surface area contributed by atoms with Gasteiger partial charge in [-0.15, -0.1) is 11.3 Å². The first-order valence-corrected chi connectivity index (χ1v) is 10.3. The third-order valence-corrected chi connectivity index (χ3v) is 6.68. The maximum atomic E-state index is 9.67. The minimum absolute atomic E-state index is 0.316. The molecule has 3 rings (SSSR count). The van der Waals surface area contributed by atoms with Crippen LogP contribution in [0.3, 0.4) is 0 Å². The maximum absolute atomic E-state index is 9.67. The molecule has 26 heavy (non-hydrogen) atoms. The Balaban J connectivity index is 1.85. The van der Waals surface area contributed by atoms with Crippen molar-refractivity contribution in [1.82, 2.24) is 0 Å². The van der Waals surface area contributed by atoms with E-state index in [2.05, 4.69) is 69.9 Å². The first-order chi connectivity index (χ1) is 12.3. The number of hydrogen-bond donors (Lipinski definition) is 0. The van der Waals surface area contributed by atoms with Gasteiger partial charge in [0.2, 0.25) is 0 Å². The lowest BCUT2D eigenvalue weighted by Gasteiger charge is -2.33. The van der Waals surface area contributed by atoms with Crippen LogP contribution in [0.4, 0.5) is 5.00 Å². The van der Waals surface area contributed by atoms with Crippen molar-refractivity contribution < 1.29 is 0 Å². The minimum atomic E-state index is 0.316. The van der Waals surface area contributed by atoms with Crippen molar-refractivity contribution in [1.29, 1.82) is 5.26 Å². The number of hydrogen-bond acceptors (Lipinski definition) is 3. The van der Waals surface area contributed by atoms with Crippen molar-refractivity contribution in [2.24, 2.45) is 16.3 Å². The molecule has 0 unspecified atom stereocenters. The summed E-state index contributed by atoms with van der Waals surface area (Å²) in [5, 5.41) is 10.5. The normalized spacial score (nSPS) is 17.5. The van der Waals surface area contributed by atoms with Gasteiger partial charge in [-0.3, -0.25) is 0 Å². The Bertz CT molecular complexity index is 842. The highest BCUT2D eigenvalue weighted by Gasteiger charge is 2.32. The molecule has 0 radical (unpaired) electrons. The lowest BCUT2D eigenvalue weighted by atomic mass is 9.72. The predicted octanol–water partition coefficient (Wildman–Crippen LogP) is 6.64. The highest BCUT2D eigenvalue weighted by atomic mass is 32.1. The van der Waals surface area contributed by atoms with Gasteiger partial charge in [-0.2, -0.15) is 5.26 Å². The lowest BCUT2D eigenvalue weighted by molar-refractivity contribution is 0.218. The molecule has 0 spiro atoms. The van der Waals surface area contributed by atoms with Crippen LogP contribution in [-0.2, 0) is 12.8 Å². The zero-order chi connectivity index (χ0) is 18.9. The number of rotatable bonds is 3. The number of nitriles is 1. The maximum Gasteiger partial charge on any atom is 0.134 e. The van der Waals surface area contributed by atoms with E-state index in [1.807, 2.05) is 6.21 Å². The molecule has 1 aromatic carbocycles. The van der Waals surface area contributed by atoms with E-state index in [1.54, 1.807) is 11.3 Å². The highest BCUT2D eigenvalue weighted by molar-refractivity contribution is 7.16. The van der Waals surface area contributed by atoms with E-state index >= 15 is 0 Å². The molecular formula is C23H28N2S. The lowest BCUT2D eigenvalue weighted by Crippen LogP contribution is -2.26. The van der Waals surface area contributed by atoms with Crippen LogP contribution >= 0.6 is 11.3 Å². The predicted molar refractivity (Wildman–Crippen MR) is 112 cm³/mol. The second-order valence-electron chi connectivity index (χ2n) is 8.68. The highest BCUT2D eigenvalue weighted by Crippen LogP contribution is 2.44. The Labute approximate surface area is 161 Å². The zero-order valence-corrected chi connectivity index (χ0v) is 17.3. The van der Waals surface area contributed by atoms with Gasteiger partial charge in [0, 0.05) is 11.1 Å². The molecule has 0 amide bonds. The minimum Gasteiger partial charge on any atom is -0.244 e. The molecule has 0 bridgehead atoms. The molecule has 0 fully saturated rings. The molecule has 1 aliphatic rings. The average Bonchev–Trinajstić information content (AvgIpc) is 2.96. The smallest absolute Gasteiger partial charge is 0.134 e. The summed E-state index contributed by atoms with van der Waals surface area (Å²) in [4.78, 5) is 6.06. The molecule has 1 heterocycles. The van der Waals surface area contributed by atoms with Gasteiger partial charge in [0.1, 0.15) is 11.1 Å². The fourth-order valence-corrected chi connectivity index (χ4v) is 4.84. The summed E-state index contributed by atoms with van der Waals surface area (Å²) in [6, 6.07) is 10.9. The standard InChI is InChI=1S/C23H28N2S/c1-15(2)17-8-6-16(7-9-17)14-25-22-20(13-24)19-11-10-18(23(3,4)5)12-21(19)26-22/h6-9,14-15,18H,10-12H2,1-5H3/t18-/m1/s1. The quantitative estimate of drug-likeness (QED) is 0.562. The van der Waals surface area contributed by atoms with E-state index in [0.717, 1.165) is 29.0 Å². The Hall–Kier alpha value is -1.92. The summed E-state index contributed by atoms with van der Waals surface area (Å²) in [6.45, 7) is 11.4. The number of aliphatic imine (C=N–C) groups is 1. The van der Waals surface area contributed by atoms with Crippen LogP contribution in [0.1, 0.15) is 74.1 Å². The molecule has 2 aromatic rings. The van der Waals surface area contributed by atoms with Gasteiger partial charge >= 0.3 is 0 Å². The van der Waals surface area contributed by atoms with Crippen LogP contribution in [-0.4, -0.2) is 6.21 Å². The van der Waals surface area contributed by atoms with Crippen LogP contribution in [0.5, 0.6) is 0 Å². The summed E-state index contributed by atoms with van der Waals surface area (Å²) in [7, 11) is 0. The van der Waals surface area contributed by atoms with Gasteiger partial charge < -0.3 is 0 Å². The van der Waals surface area contributed by atoms with Crippen molar-refractivity contribution >= 4 is 22.6 Å². The third kappa shape index (κ3) is 3.91. The number of fused-ring (bicyclic) bond motifs is 1. The molecule has 3 heteroatoms. The third-order valence-electron chi connectivity index (χ3n) is 5.52. The monoisotopic (exact) mass is 364 g/mol. The summed E-state index contributed by atoms with van der Waals surface area (Å²) >= 11 is 1.71. The SMILES string of the molecule is CC(C)c1ccc(C=Nc2sc3c(c2C#N)CC[C@@H](C(C)(C)C)C3)cc1. The van der Waals surface area contributed by atoms with Gasteiger partial charge in [-0.25, -0.2) is 4.99 Å². The zero-order valence-electron chi connectivity index (χ0n) is 16.5. The molecule has 136 valence electrons. The van der Waals surface area contributed by atoms with E-state index in [-0.39, 0.29) is 0 Å². The van der Waals surface area contributed by atoms with Crippen molar-refractivity contribution in [2.45, 2.75) is 59.8 Å². The molecule has 1 atom stereocenters. The average molecular weight is 365 g/mol. The van der Waals surface area contributed by atoms with E-state index < -0.39 is 0 Å². The topological polar surface area (TPSA) is 36.1 Å². The van der Waals surface area contributed by atoms with Crippen LogP contribution in [0, 0.1) is 22.7 Å². The van der Waals surface area contributed by atoms with Crippen LogP contribution in [0.2, 0.25) is 0 Å². The van der Waals surface area contributed by atoms with E-state index in [4.69, 9.17) is 0 Å². The van der Waals surface area contributed by atoms with Gasteiger partial charge in [-0.05, 0) is 53.2 Å². The number of nitrogens with zero attached hydrogens (tertiary/aromatic N) is 2. The fraction of sp³-hybridized carbons (Fsp3) is 0.478. The van der Waals surface area contributed by atoms with Crippen molar-refractivity contribution in [2.75, 3.05) is 0 Å². The van der Waals surface area contributed by atoms with Crippen molar-refractivity contribution in [3.8, 4) is 6.07 Å². The molecule has 0 N–H and O–H groups in total. The molecule has 0 saturated carbocycles. The molecule has 2 nitrogen and oxygen atoms in total. The summed E-state index contributed by atoms with van der Waals surface area (Å²) in [6.07, 6.45) is 5.15. The van der Waals surface area contributed by atoms with Gasteiger partial charge in [0.05, 0.1) is 5.56 Å². The van der Waals surface area contributed by atoms with E-state index in [9.17, 15) is 5.26 Å². The molecule has 0 aliphatic heterocycles. The first kappa shape index (κ1) is 18.9. The molecule has 1 aliphatic carbocycles. The second-order valence-corrected chi connectivity index (χ2v) is 9.76. The molecule has 0 saturated heterocycles. The van der Waals surface area contributed by atoms with E-state index in [1.165, 1.54) is 22.4 Å². The molecule has 1 aromatic heterocycles. The Morgan fingerprint density at radius 1 is 1.23 bits per heavy atom. The summed E-state index contributed by atoms with van der Waals surface area (Å²) < 4.78 is 0. The Kier molecular flexibility index (Phi) is 5.34. The largest absolute Gasteiger partial charge is 0.244 e. The Morgan fingerprint density at radius 3 is 2.50 bits per heavy atom. The number of thiophene rings is 1.